The number of nitrogens with zero attached hydrogens (tertiary/aromatic N) is 1. The van der Waals surface area contributed by atoms with E-state index in [9.17, 15) is 28.8 Å². The number of Topliss-reactive ketones (excluding diaryl/α,β-unsaturated/α-hetero) is 1. The zero-order chi connectivity index (χ0) is 24.1. The Morgan fingerprint density at radius 2 is 1.94 bits per heavy atom. The molecule has 1 aromatic heterocycles. The number of hydrogen-bond donors (Lipinski definition) is 3. The van der Waals surface area contributed by atoms with Gasteiger partial charge in [-0.1, -0.05) is 6.08 Å². The molecule has 11 nitrogen and oxygen atoms in total. The number of anilines is 1. The average Bonchev–Trinajstić information content (AvgIpc) is 2.71. The molecule has 1 atom stereocenters. The summed E-state index contributed by atoms with van der Waals surface area (Å²) in [6.07, 6.45) is 3.65. The predicted molar refractivity (Wildman–Crippen MR) is 114 cm³/mol. The zero-order valence-electron chi connectivity index (χ0n) is 18.0. The summed E-state index contributed by atoms with van der Waals surface area (Å²) in [5.41, 5.74) is -0.667. The lowest BCUT2D eigenvalue weighted by Crippen LogP contribution is -2.44. The van der Waals surface area contributed by atoms with E-state index in [1.807, 2.05) is 0 Å². The van der Waals surface area contributed by atoms with Gasteiger partial charge in [0, 0.05) is 18.7 Å². The molecule has 1 aromatic rings. The number of aliphatic carboxylic acids is 1. The lowest BCUT2D eigenvalue weighted by molar-refractivity contribution is -0.139. The summed E-state index contributed by atoms with van der Waals surface area (Å²) >= 11 is 0. The van der Waals surface area contributed by atoms with Gasteiger partial charge in [-0.25, -0.2) is 4.79 Å². The summed E-state index contributed by atoms with van der Waals surface area (Å²) in [6, 6.07) is 1.76. The zero-order valence-corrected chi connectivity index (χ0v) is 18.0. The first-order valence-corrected chi connectivity index (χ1v) is 9.98. The Hall–Kier alpha value is -3.76. The Morgan fingerprint density at radius 3 is 2.56 bits per heavy atom. The van der Waals surface area contributed by atoms with Crippen LogP contribution >= 0.6 is 0 Å². The summed E-state index contributed by atoms with van der Waals surface area (Å²) in [5.74, 6) is -3.30. The molecule has 11 heteroatoms. The quantitative estimate of drug-likeness (QED) is 0.292. The molecular weight excluding hydrogens is 422 g/mol. The second kappa shape index (κ2) is 13.5. The number of allylic oxidation sites excluding steroid dienone is 1. The highest BCUT2D eigenvalue weighted by molar-refractivity contribution is 5.97. The Morgan fingerprint density at radius 1 is 1.22 bits per heavy atom. The number of carbonyl (C=O) groups excluding carboxylic acids is 4. The van der Waals surface area contributed by atoms with Crippen molar-refractivity contribution in [2.24, 2.45) is 0 Å². The predicted octanol–water partition coefficient (Wildman–Crippen LogP) is 0.625. The monoisotopic (exact) mass is 449 g/mol. The molecule has 0 saturated carbocycles. The number of ketones is 1. The maximum absolute atomic E-state index is 12.7. The van der Waals surface area contributed by atoms with Crippen LogP contribution in [0.3, 0.4) is 0 Å². The first-order valence-electron chi connectivity index (χ1n) is 9.98. The molecule has 0 saturated heterocycles. The number of ether oxygens (including phenoxy) is 1. The van der Waals surface area contributed by atoms with Crippen molar-refractivity contribution in [2.45, 2.75) is 52.1 Å². The van der Waals surface area contributed by atoms with Crippen molar-refractivity contribution in [1.29, 1.82) is 0 Å². The molecule has 174 valence electrons. The van der Waals surface area contributed by atoms with Crippen LogP contribution in [0, 0.1) is 0 Å². The molecule has 1 rings (SSSR count). The van der Waals surface area contributed by atoms with Crippen LogP contribution in [-0.2, 0) is 35.3 Å². The third kappa shape index (κ3) is 9.83. The number of aromatic nitrogens is 1. The van der Waals surface area contributed by atoms with Gasteiger partial charge in [0.15, 0.2) is 0 Å². The standard InChI is InChI=1S/C21H27N3O8/c1-3-32-19(29)9-5-4-7-15(22-17(26)10-11-18(27)28)20(30)23-16-8-6-12-24(21(16)31)13-14(2)25/h5-6,8-9,12,15H,3-4,7,10-11,13H2,1-2H3,(H,22,26)(H,23,30)(H,27,28)/b9-5+/t15-/m0/s1. The first-order chi connectivity index (χ1) is 15.1. The number of rotatable bonds is 13. The van der Waals surface area contributed by atoms with Gasteiger partial charge in [0.25, 0.3) is 5.56 Å². The maximum atomic E-state index is 12.7. The number of carbonyl (C=O) groups is 5. The minimum absolute atomic E-state index is 0.0781. The molecule has 0 aliphatic heterocycles. The Labute approximate surface area is 184 Å². The maximum Gasteiger partial charge on any atom is 0.330 e. The van der Waals surface area contributed by atoms with Gasteiger partial charge in [-0.2, -0.15) is 0 Å². The van der Waals surface area contributed by atoms with Crippen LogP contribution in [0.1, 0.15) is 39.5 Å². The lowest BCUT2D eigenvalue weighted by Gasteiger charge is -2.18. The van der Waals surface area contributed by atoms with Gasteiger partial charge >= 0.3 is 11.9 Å². The molecule has 0 bridgehead atoms. The summed E-state index contributed by atoms with van der Waals surface area (Å²) in [6.45, 7) is 3.04. The SMILES string of the molecule is CCOC(=O)/C=C/CC[C@H](NC(=O)CCC(=O)O)C(=O)Nc1cccn(CC(C)=O)c1=O. The van der Waals surface area contributed by atoms with E-state index < -0.39 is 41.8 Å². The van der Waals surface area contributed by atoms with E-state index in [2.05, 4.69) is 10.6 Å². The van der Waals surface area contributed by atoms with Crippen LogP contribution < -0.4 is 16.2 Å². The topological polar surface area (TPSA) is 161 Å². The molecule has 0 unspecified atom stereocenters. The van der Waals surface area contributed by atoms with Crippen molar-refractivity contribution in [2.75, 3.05) is 11.9 Å². The third-order valence-corrected chi connectivity index (χ3v) is 4.05. The van der Waals surface area contributed by atoms with Crippen LogP contribution in [-0.4, -0.2) is 51.9 Å². The minimum Gasteiger partial charge on any atom is -0.481 e. The second-order valence-corrected chi connectivity index (χ2v) is 6.79. The number of amides is 2. The van der Waals surface area contributed by atoms with Crippen molar-refractivity contribution in [3.8, 4) is 0 Å². The van der Waals surface area contributed by atoms with E-state index in [0.717, 1.165) is 4.57 Å². The molecular formula is C21H27N3O8. The lowest BCUT2D eigenvalue weighted by atomic mass is 10.1. The highest BCUT2D eigenvalue weighted by Crippen LogP contribution is 2.06. The van der Waals surface area contributed by atoms with Gasteiger partial charge in [-0.15, -0.1) is 0 Å². The third-order valence-electron chi connectivity index (χ3n) is 4.05. The summed E-state index contributed by atoms with van der Waals surface area (Å²) in [4.78, 5) is 70.5. The van der Waals surface area contributed by atoms with Crippen molar-refractivity contribution >= 4 is 35.2 Å². The molecule has 0 aliphatic carbocycles. The van der Waals surface area contributed by atoms with Gasteiger partial charge in [-0.3, -0.25) is 24.0 Å². The van der Waals surface area contributed by atoms with E-state index >= 15 is 0 Å². The van der Waals surface area contributed by atoms with Gasteiger partial charge in [0.05, 0.1) is 19.6 Å². The van der Waals surface area contributed by atoms with E-state index in [0.29, 0.717) is 0 Å². The van der Waals surface area contributed by atoms with E-state index in [-0.39, 0.29) is 43.9 Å². The molecule has 1 heterocycles. The van der Waals surface area contributed by atoms with Gasteiger partial charge in [0.2, 0.25) is 11.8 Å². The Kier molecular flexibility index (Phi) is 11.1. The van der Waals surface area contributed by atoms with Gasteiger partial charge in [0.1, 0.15) is 17.5 Å². The highest BCUT2D eigenvalue weighted by atomic mass is 16.5. The van der Waals surface area contributed by atoms with Crippen LogP contribution in [0.5, 0.6) is 0 Å². The van der Waals surface area contributed by atoms with Crippen molar-refractivity contribution in [3.63, 3.8) is 0 Å². The number of hydrogen-bond acceptors (Lipinski definition) is 7. The van der Waals surface area contributed by atoms with E-state index in [1.165, 1.54) is 37.4 Å². The fourth-order valence-corrected chi connectivity index (χ4v) is 2.60. The fourth-order valence-electron chi connectivity index (χ4n) is 2.60. The van der Waals surface area contributed by atoms with E-state index in [4.69, 9.17) is 9.84 Å². The van der Waals surface area contributed by atoms with Crippen LogP contribution in [0.25, 0.3) is 0 Å². The molecule has 3 N–H and O–H groups in total. The largest absolute Gasteiger partial charge is 0.481 e. The Balaban J connectivity index is 2.92. The van der Waals surface area contributed by atoms with Crippen molar-refractivity contribution in [1.82, 2.24) is 9.88 Å². The van der Waals surface area contributed by atoms with Gasteiger partial charge in [-0.05, 0) is 38.8 Å². The van der Waals surface area contributed by atoms with Crippen LogP contribution in [0.4, 0.5) is 5.69 Å². The summed E-state index contributed by atoms with van der Waals surface area (Å²) in [7, 11) is 0. The molecule has 0 aromatic carbocycles. The Bertz CT molecular complexity index is 935. The normalized spacial score (nSPS) is 11.6. The fraction of sp³-hybridized carbons (Fsp3) is 0.429. The molecule has 0 radical (unpaired) electrons. The number of carboxylic acid groups (broad SMARTS) is 1. The van der Waals surface area contributed by atoms with Crippen molar-refractivity contribution < 1.29 is 33.8 Å². The molecule has 0 aliphatic rings. The highest BCUT2D eigenvalue weighted by Gasteiger charge is 2.22. The summed E-state index contributed by atoms with van der Waals surface area (Å²) in [5, 5.41) is 13.6. The molecule has 2 amide bonds. The first kappa shape index (κ1) is 26.3. The van der Waals surface area contributed by atoms with Gasteiger partial charge < -0.3 is 25.0 Å². The average molecular weight is 449 g/mol. The van der Waals surface area contributed by atoms with Crippen LogP contribution in [0.15, 0.2) is 35.3 Å². The molecule has 0 fully saturated rings. The van der Waals surface area contributed by atoms with Crippen molar-refractivity contribution in [3.05, 3.63) is 40.8 Å². The second-order valence-electron chi connectivity index (χ2n) is 6.79. The smallest absolute Gasteiger partial charge is 0.330 e. The van der Waals surface area contributed by atoms with E-state index in [1.54, 1.807) is 6.92 Å². The van der Waals surface area contributed by atoms with Crippen LogP contribution in [0.2, 0.25) is 0 Å². The number of carboxylic acids is 1. The molecule has 32 heavy (non-hydrogen) atoms. The number of pyridine rings is 1. The summed E-state index contributed by atoms with van der Waals surface area (Å²) < 4.78 is 5.89. The minimum atomic E-state index is -1.16. The number of nitrogens with one attached hydrogen (secondary N) is 2. The number of esters is 1. The molecule has 0 spiro atoms.